The van der Waals surface area contributed by atoms with Crippen molar-refractivity contribution in [3.05, 3.63) is 0 Å². The molecule has 13 heavy (non-hydrogen) atoms. The lowest BCUT2D eigenvalue weighted by molar-refractivity contribution is -0.156. The molecule has 0 aromatic carbocycles. The topological polar surface area (TPSA) is 133 Å². The number of hydrogen-bond acceptors (Lipinski definition) is 6. The number of ether oxygens (including phenoxy) is 1. The standard InChI is InChI=1S/C6H11NO6/c7-5(11)3(10)4-1(8)2(9)6(12)13-4/h1-4,6,8-10,12H,(H2,7,11)/t1-,2-,3+,4-,6?/m1/s1. The molecule has 1 unspecified atom stereocenters. The molecule has 1 fully saturated rings. The van der Waals surface area contributed by atoms with Crippen LogP contribution >= 0.6 is 0 Å². The highest BCUT2D eigenvalue weighted by Crippen LogP contribution is 2.21. The van der Waals surface area contributed by atoms with Gasteiger partial charge in [0, 0.05) is 0 Å². The molecular weight excluding hydrogens is 182 g/mol. The van der Waals surface area contributed by atoms with E-state index in [0.29, 0.717) is 0 Å². The molecule has 0 spiro atoms. The van der Waals surface area contributed by atoms with E-state index in [1.165, 1.54) is 0 Å². The number of amides is 1. The Labute approximate surface area is 73.4 Å². The number of aliphatic hydroxyl groups excluding tert-OH is 4. The molecule has 7 nitrogen and oxygen atoms in total. The van der Waals surface area contributed by atoms with Crippen LogP contribution in [0.2, 0.25) is 0 Å². The SMILES string of the molecule is NC(=O)[C@@H](O)[C@@H]1OC(O)[C@H](O)[C@H]1O. The van der Waals surface area contributed by atoms with E-state index >= 15 is 0 Å². The maximum Gasteiger partial charge on any atom is 0.249 e. The predicted molar refractivity (Wildman–Crippen MR) is 38.1 cm³/mol. The average molecular weight is 193 g/mol. The fourth-order valence-corrected chi connectivity index (χ4v) is 1.11. The average Bonchev–Trinajstić information content (AvgIpc) is 2.31. The van der Waals surface area contributed by atoms with E-state index in [9.17, 15) is 4.79 Å². The number of hydrogen-bond donors (Lipinski definition) is 5. The second kappa shape index (κ2) is 3.56. The van der Waals surface area contributed by atoms with Crippen LogP contribution in [0.15, 0.2) is 0 Å². The molecule has 1 heterocycles. The van der Waals surface area contributed by atoms with Crippen molar-refractivity contribution in [2.75, 3.05) is 0 Å². The van der Waals surface area contributed by atoms with Gasteiger partial charge in [-0.2, -0.15) is 0 Å². The van der Waals surface area contributed by atoms with Gasteiger partial charge in [0.25, 0.3) is 0 Å². The third kappa shape index (κ3) is 1.79. The minimum absolute atomic E-state index is 1.09. The van der Waals surface area contributed by atoms with Crippen LogP contribution in [0, 0.1) is 0 Å². The van der Waals surface area contributed by atoms with Crippen LogP contribution < -0.4 is 5.73 Å². The third-order valence-corrected chi connectivity index (χ3v) is 1.88. The van der Waals surface area contributed by atoms with Gasteiger partial charge >= 0.3 is 0 Å². The summed E-state index contributed by atoms with van der Waals surface area (Å²) < 4.78 is 4.51. The largest absolute Gasteiger partial charge is 0.387 e. The second-order valence-electron chi connectivity index (χ2n) is 2.82. The molecule has 0 aromatic heterocycles. The Hall–Kier alpha value is -0.730. The number of nitrogens with two attached hydrogens (primary N) is 1. The molecule has 0 radical (unpaired) electrons. The van der Waals surface area contributed by atoms with E-state index in [-0.39, 0.29) is 0 Å². The van der Waals surface area contributed by atoms with Gasteiger partial charge in [-0.25, -0.2) is 0 Å². The number of carbonyl (C=O) groups is 1. The maximum atomic E-state index is 10.5. The second-order valence-corrected chi connectivity index (χ2v) is 2.82. The van der Waals surface area contributed by atoms with E-state index in [0.717, 1.165) is 0 Å². The molecule has 0 saturated carbocycles. The first-order chi connectivity index (χ1) is 5.95. The Morgan fingerprint density at radius 2 is 1.85 bits per heavy atom. The van der Waals surface area contributed by atoms with Crippen LogP contribution in [0.3, 0.4) is 0 Å². The van der Waals surface area contributed by atoms with Crippen LogP contribution in [0.4, 0.5) is 0 Å². The molecule has 7 heteroatoms. The third-order valence-electron chi connectivity index (χ3n) is 1.88. The predicted octanol–water partition coefficient (Wildman–Crippen LogP) is -3.73. The lowest BCUT2D eigenvalue weighted by Gasteiger charge is -2.17. The van der Waals surface area contributed by atoms with E-state index in [1.807, 2.05) is 0 Å². The summed E-state index contributed by atoms with van der Waals surface area (Å²) in [5.74, 6) is -1.09. The van der Waals surface area contributed by atoms with E-state index < -0.39 is 36.6 Å². The number of aliphatic hydroxyl groups is 4. The van der Waals surface area contributed by atoms with Gasteiger partial charge in [-0.3, -0.25) is 4.79 Å². The Kier molecular flexibility index (Phi) is 2.84. The van der Waals surface area contributed by atoms with Gasteiger partial charge in [0.05, 0.1) is 0 Å². The zero-order chi connectivity index (χ0) is 10.2. The molecule has 0 aliphatic carbocycles. The summed E-state index contributed by atoms with van der Waals surface area (Å²) in [6.45, 7) is 0. The molecular formula is C6H11NO6. The minimum atomic E-state index is -1.75. The molecule has 76 valence electrons. The van der Waals surface area contributed by atoms with Crippen LogP contribution in [0.25, 0.3) is 0 Å². The highest BCUT2D eigenvalue weighted by atomic mass is 16.6. The van der Waals surface area contributed by atoms with Crippen LogP contribution in [-0.2, 0) is 9.53 Å². The molecule has 1 amide bonds. The quantitative estimate of drug-likeness (QED) is 0.306. The normalized spacial score (nSPS) is 41.8. The van der Waals surface area contributed by atoms with Crippen molar-refractivity contribution in [3.8, 4) is 0 Å². The van der Waals surface area contributed by atoms with Gasteiger partial charge in [0.1, 0.15) is 18.3 Å². The highest BCUT2D eigenvalue weighted by molar-refractivity contribution is 5.79. The molecule has 5 atom stereocenters. The lowest BCUT2D eigenvalue weighted by atomic mass is 10.1. The van der Waals surface area contributed by atoms with Crippen molar-refractivity contribution in [1.82, 2.24) is 0 Å². The van der Waals surface area contributed by atoms with Crippen molar-refractivity contribution < 1.29 is 30.0 Å². The van der Waals surface area contributed by atoms with Crippen molar-refractivity contribution >= 4 is 5.91 Å². The summed E-state index contributed by atoms with van der Waals surface area (Å²) in [4.78, 5) is 10.5. The van der Waals surface area contributed by atoms with Crippen molar-refractivity contribution in [2.24, 2.45) is 5.73 Å². The molecule has 1 saturated heterocycles. The monoisotopic (exact) mass is 193 g/mol. The lowest BCUT2D eigenvalue weighted by Crippen LogP contribution is -2.45. The molecule has 6 N–H and O–H groups in total. The summed E-state index contributed by atoms with van der Waals surface area (Å²) in [7, 11) is 0. The minimum Gasteiger partial charge on any atom is -0.387 e. The Bertz CT molecular complexity index is 209. The maximum absolute atomic E-state index is 10.5. The van der Waals surface area contributed by atoms with Crippen LogP contribution in [0.5, 0.6) is 0 Å². The van der Waals surface area contributed by atoms with Crippen molar-refractivity contribution in [1.29, 1.82) is 0 Å². The van der Waals surface area contributed by atoms with Gasteiger partial charge in [0.2, 0.25) is 5.91 Å². The van der Waals surface area contributed by atoms with Gasteiger partial charge in [-0.15, -0.1) is 0 Å². The van der Waals surface area contributed by atoms with Gasteiger partial charge in [-0.05, 0) is 0 Å². The molecule has 1 aliphatic heterocycles. The Morgan fingerprint density at radius 3 is 2.15 bits per heavy atom. The van der Waals surface area contributed by atoms with Gasteiger partial charge < -0.3 is 30.9 Å². The highest BCUT2D eigenvalue weighted by Gasteiger charge is 2.46. The van der Waals surface area contributed by atoms with E-state index in [2.05, 4.69) is 4.74 Å². The molecule has 1 rings (SSSR count). The van der Waals surface area contributed by atoms with Crippen molar-refractivity contribution in [2.45, 2.75) is 30.7 Å². The van der Waals surface area contributed by atoms with Crippen molar-refractivity contribution in [3.63, 3.8) is 0 Å². The fourth-order valence-electron chi connectivity index (χ4n) is 1.11. The number of carbonyl (C=O) groups excluding carboxylic acids is 1. The summed E-state index contributed by atoms with van der Waals surface area (Å²) in [5, 5.41) is 36.0. The van der Waals surface area contributed by atoms with Gasteiger partial charge in [0.15, 0.2) is 12.4 Å². The number of primary amides is 1. The van der Waals surface area contributed by atoms with E-state index in [1.54, 1.807) is 0 Å². The summed E-state index contributed by atoms with van der Waals surface area (Å²) >= 11 is 0. The summed E-state index contributed by atoms with van der Waals surface area (Å²) in [5.41, 5.74) is 4.73. The molecule has 1 aliphatic rings. The van der Waals surface area contributed by atoms with E-state index in [4.69, 9.17) is 26.2 Å². The zero-order valence-corrected chi connectivity index (χ0v) is 6.57. The smallest absolute Gasteiger partial charge is 0.249 e. The number of rotatable bonds is 2. The molecule has 0 aromatic rings. The summed E-state index contributed by atoms with van der Waals surface area (Å²) in [6.07, 6.45) is -7.82. The first-order valence-corrected chi connectivity index (χ1v) is 3.62. The van der Waals surface area contributed by atoms with Crippen LogP contribution in [-0.4, -0.2) is 57.0 Å². The first-order valence-electron chi connectivity index (χ1n) is 3.62. The molecule has 0 bridgehead atoms. The van der Waals surface area contributed by atoms with Gasteiger partial charge in [-0.1, -0.05) is 0 Å². The van der Waals surface area contributed by atoms with Crippen LogP contribution in [0.1, 0.15) is 0 Å². The fraction of sp³-hybridized carbons (Fsp3) is 0.833. The Morgan fingerprint density at radius 1 is 1.31 bits per heavy atom. The zero-order valence-electron chi connectivity index (χ0n) is 6.57. The first kappa shape index (κ1) is 10.4. The Balaban J connectivity index is 2.68. The summed E-state index contributed by atoms with van der Waals surface area (Å²) in [6, 6.07) is 0.